The van der Waals surface area contributed by atoms with Gasteiger partial charge in [0.05, 0.1) is 11.4 Å². The SMILES string of the molecule is Cc1ccc(-c2ccc(=O)n(-c3ccccc3)n2)cc1. The summed E-state index contributed by atoms with van der Waals surface area (Å²) in [5.41, 5.74) is 3.62. The molecule has 3 aromatic rings. The first-order chi connectivity index (χ1) is 9.74. The molecule has 0 saturated carbocycles. The Morgan fingerprint density at radius 1 is 0.850 bits per heavy atom. The summed E-state index contributed by atoms with van der Waals surface area (Å²) >= 11 is 0. The van der Waals surface area contributed by atoms with E-state index in [0.29, 0.717) is 0 Å². The zero-order chi connectivity index (χ0) is 13.9. The maximum Gasteiger partial charge on any atom is 0.271 e. The maximum atomic E-state index is 12.0. The molecule has 0 aliphatic rings. The minimum absolute atomic E-state index is 0.132. The number of aromatic nitrogens is 2. The molecule has 1 aromatic heterocycles. The molecule has 0 radical (unpaired) electrons. The summed E-state index contributed by atoms with van der Waals surface area (Å²) in [4.78, 5) is 12.0. The Kier molecular flexibility index (Phi) is 3.17. The van der Waals surface area contributed by atoms with Crippen molar-refractivity contribution in [3.8, 4) is 16.9 Å². The quantitative estimate of drug-likeness (QED) is 0.710. The largest absolute Gasteiger partial charge is 0.271 e. The standard InChI is InChI=1S/C17H14N2O/c1-13-7-9-14(10-8-13)16-11-12-17(20)19(18-16)15-5-3-2-4-6-15/h2-12H,1H3. The smallest absolute Gasteiger partial charge is 0.267 e. The minimum atomic E-state index is -0.132. The predicted octanol–water partition coefficient (Wildman–Crippen LogP) is 3.21. The second-order valence-electron chi connectivity index (χ2n) is 4.67. The average Bonchev–Trinajstić information content (AvgIpc) is 2.50. The Balaban J connectivity index is 2.12. The van der Waals surface area contributed by atoms with Crippen molar-refractivity contribution in [2.24, 2.45) is 0 Å². The highest BCUT2D eigenvalue weighted by Crippen LogP contribution is 2.16. The molecule has 0 amide bonds. The lowest BCUT2D eigenvalue weighted by atomic mass is 10.1. The highest BCUT2D eigenvalue weighted by molar-refractivity contribution is 5.58. The third kappa shape index (κ3) is 2.38. The van der Waals surface area contributed by atoms with E-state index in [0.717, 1.165) is 16.9 Å². The molecular weight excluding hydrogens is 248 g/mol. The van der Waals surface area contributed by atoms with E-state index in [-0.39, 0.29) is 5.56 Å². The summed E-state index contributed by atoms with van der Waals surface area (Å²) in [5.74, 6) is 0. The number of para-hydroxylation sites is 1. The van der Waals surface area contributed by atoms with Gasteiger partial charge in [-0.3, -0.25) is 4.79 Å². The van der Waals surface area contributed by atoms with Gasteiger partial charge < -0.3 is 0 Å². The Morgan fingerprint density at radius 3 is 2.25 bits per heavy atom. The van der Waals surface area contributed by atoms with Crippen LogP contribution in [0.4, 0.5) is 0 Å². The van der Waals surface area contributed by atoms with Gasteiger partial charge in [-0.25, -0.2) is 0 Å². The second kappa shape index (κ2) is 5.13. The summed E-state index contributed by atoms with van der Waals surface area (Å²) in [6.45, 7) is 2.04. The molecular formula is C17H14N2O. The summed E-state index contributed by atoms with van der Waals surface area (Å²) in [7, 11) is 0. The van der Waals surface area contributed by atoms with Crippen LogP contribution >= 0.6 is 0 Å². The normalized spacial score (nSPS) is 10.4. The monoisotopic (exact) mass is 262 g/mol. The fourth-order valence-electron chi connectivity index (χ4n) is 2.04. The number of aryl methyl sites for hydroxylation is 1. The van der Waals surface area contributed by atoms with E-state index in [4.69, 9.17) is 0 Å². The Labute approximate surface area is 117 Å². The van der Waals surface area contributed by atoms with Crippen molar-refractivity contribution in [2.45, 2.75) is 6.92 Å². The van der Waals surface area contributed by atoms with Gasteiger partial charge in [-0.1, -0.05) is 48.0 Å². The number of hydrogen-bond acceptors (Lipinski definition) is 2. The Bertz CT molecular complexity index is 774. The average molecular weight is 262 g/mol. The van der Waals surface area contributed by atoms with Gasteiger partial charge in [-0.15, -0.1) is 0 Å². The molecule has 0 N–H and O–H groups in total. The van der Waals surface area contributed by atoms with Crippen molar-refractivity contribution in [1.29, 1.82) is 0 Å². The molecule has 98 valence electrons. The van der Waals surface area contributed by atoms with Crippen LogP contribution < -0.4 is 5.56 Å². The molecule has 0 fully saturated rings. The Morgan fingerprint density at radius 2 is 1.55 bits per heavy atom. The molecule has 3 nitrogen and oxygen atoms in total. The van der Waals surface area contributed by atoms with Crippen molar-refractivity contribution in [3.05, 3.63) is 82.6 Å². The third-order valence-electron chi connectivity index (χ3n) is 3.15. The van der Waals surface area contributed by atoms with Crippen molar-refractivity contribution < 1.29 is 0 Å². The lowest BCUT2D eigenvalue weighted by Gasteiger charge is -2.07. The van der Waals surface area contributed by atoms with Crippen LogP contribution in [0.5, 0.6) is 0 Å². The van der Waals surface area contributed by atoms with Gasteiger partial charge in [0.15, 0.2) is 0 Å². The van der Waals surface area contributed by atoms with Crippen LogP contribution in [0.15, 0.2) is 71.5 Å². The van der Waals surface area contributed by atoms with Crippen molar-refractivity contribution in [3.63, 3.8) is 0 Å². The third-order valence-corrected chi connectivity index (χ3v) is 3.15. The van der Waals surface area contributed by atoms with Crippen LogP contribution in [-0.4, -0.2) is 9.78 Å². The molecule has 0 aliphatic carbocycles. The molecule has 1 heterocycles. The van der Waals surface area contributed by atoms with Gasteiger partial charge in [-0.2, -0.15) is 9.78 Å². The highest BCUT2D eigenvalue weighted by atomic mass is 16.1. The molecule has 0 bridgehead atoms. The van der Waals surface area contributed by atoms with Crippen molar-refractivity contribution in [2.75, 3.05) is 0 Å². The van der Waals surface area contributed by atoms with Gasteiger partial charge >= 0.3 is 0 Å². The van der Waals surface area contributed by atoms with Gasteiger partial charge in [0.1, 0.15) is 0 Å². The van der Waals surface area contributed by atoms with Crippen LogP contribution in [0, 0.1) is 6.92 Å². The molecule has 0 saturated heterocycles. The number of hydrogen-bond donors (Lipinski definition) is 0. The Hall–Kier alpha value is -2.68. The van der Waals surface area contributed by atoms with Crippen LogP contribution in [-0.2, 0) is 0 Å². The first-order valence-corrected chi connectivity index (χ1v) is 6.47. The van der Waals surface area contributed by atoms with E-state index in [9.17, 15) is 4.79 Å². The lowest BCUT2D eigenvalue weighted by molar-refractivity contribution is 0.812. The topological polar surface area (TPSA) is 34.9 Å². The second-order valence-corrected chi connectivity index (χ2v) is 4.67. The van der Waals surface area contributed by atoms with Crippen molar-refractivity contribution >= 4 is 0 Å². The predicted molar refractivity (Wildman–Crippen MR) is 80.0 cm³/mol. The van der Waals surface area contributed by atoms with Crippen molar-refractivity contribution in [1.82, 2.24) is 9.78 Å². The van der Waals surface area contributed by atoms with Crippen LogP contribution in [0.2, 0.25) is 0 Å². The molecule has 2 aromatic carbocycles. The summed E-state index contributed by atoms with van der Waals surface area (Å²) in [6.07, 6.45) is 0. The zero-order valence-electron chi connectivity index (χ0n) is 11.2. The molecule has 0 aliphatic heterocycles. The van der Waals surface area contributed by atoms with Gasteiger partial charge in [0.2, 0.25) is 0 Å². The van der Waals surface area contributed by atoms with E-state index >= 15 is 0 Å². The van der Waals surface area contributed by atoms with Crippen LogP contribution in [0.3, 0.4) is 0 Å². The molecule has 0 atom stereocenters. The minimum Gasteiger partial charge on any atom is -0.267 e. The van der Waals surface area contributed by atoms with Crippen LogP contribution in [0.1, 0.15) is 5.56 Å². The summed E-state index contributed by atoms with van der Waals surface area (Å²) in [5, 5.41) is 4.45. The van der Waals surface area contributed by atoms with Gasteiger partial charge in [0.25, 0.3) is 5.56 Å². The lowest BCUT2D eigenvalue weighted by Crippen LogP contribution is -2.20. The molecule has 0 unspecified atom stereocenters. The molecule has 3 heteroatoms. The van der Waals surface area contributed by atoms with E-state index in [1.54, 1.807) is 12.1 Å². The molecule has 20 heavy (non-hydrogen) atoms. The first-order valence-electron chi connectivity index (χ1n) is 6.47. The fourth-order valence-corrected chi connectivity index (χ4v) is 2.04. The van der Waals surface area contributed by atoms with Gasteiger partial charge in [0, 0.05) is 11.6 Å². The summed E-state index contributed by atoms with van der Waals surface area (Å²) < 4.78 is 1.43. The van der Waals surface area contributed by atoms with Gasteiger partial charge in [-0.05, 0) is 25.1 Å². The summed E-state index contributed by atoms with van der Waals surface area (Å²) in [6, 6.07) is 20.8. The highest BCUT2D eigenvalue weighted by Gasteiger charge is 2.04. The van der Waals surface area contributed by atoms with Crippen LogP contribution in [0.25, 0.3) is 16.9 Å². The van der Waals surface area contributed by atoms with E-state index < -0.39 is 0 Å². The number of nitrogens with zero attached hydrogens (tertiary/aromatic N) is 2. The molecule has 0 spiro atoms. The molecule has 3 rings (SSSR count). The number of rotatable bonds is 2. The van der Waals surface area contributed by atoms with E-state index in [2.05, 4.69) is 5.10 Å². The maximum absolute atomic E-state index is 12.0. The zero-order valence-corrected chi connectivity index (χ0v) is 11.2. The first kappa shape index (κ1) is 12.4. The fraction of sp³-hybridized carbons (Fsp3) is 0.0588. The van der Waals surface area contributed by atoms with E-state index in [1.807, 2.05) is 61.5 Å². The van der Waals surface area contributed by atoms with E-state index in [1.165, 1.54) is 10.2 Å². The number of benzene rings is 2.